The first kappa shape index (κ1) is 17.4. The van der Waals surface area contributed by atoms with Crippen LogP contribution in [0.3, 0.4) is 0 Å². The van der Waals surface area contributed by atoms with Crippen LogP contribution in [0.15, 0.2) is 30.3 Å². The number of hydrogen-bond donors (Lipinski definition) is 0. The highest BCUT2D eigenvalue weighted by molar-refractivity contribution is 5.89. The molecule has 28 heavy (non-hydrogen) atoms. The number of fused-ring (bicyclic) bond motifs is 3. The molecular formula is C24H28N4. The van der Waals surface area contributed by atoms with Crippen LogP contribution in [-0.2, 0) is 0 Å². The van der Waals surface area contributed by atoms with Crippen LogP contribution in [-0.4, -0.2) is 35.6 Å². The van der Waals surface area contributed by atoms with Gasteiger partial charge >= 0.3 is 0 Å². The summed E-state index contributed by atoms with van der Waals surface area (Å²) in [6.45, 7) is 6.76. The van der Waals surface area contributed by atoms with Gasteiger partial charge in [-0.1, -0.05) is 25.0 Å². The highest BCUT2D eigenvalue weighted by atomic mass is 15.3. The molecule has 0 amide bonds. The summed E-state index contributed by atoms with van der Waals surface area (Å²) < 4.78 is 2.44. The van der Waals surface area contributed by atoms with Gasteiger partial charge in [-0.25, -0.2) is 4.98 Å². The van der Waals surface area contributed by atoms with Crippen molar-refractivity contribution in [3.8, 4) is 11.8 Å². The predicted octanol–water partition coefficient (Wildman–Crippen LogP) is 4.84. The topological polar surface area (TPSA) is 23.8 Å². The van der Waals surface area contributed by atoms with Crippen molar-refractivity contribution in [3.63, 3.8) is 0 Å². The Morgan fingerprint density at radius 3 is 2.39 bits per heavy atom. The molecule has 0 radical (unpaired) electrons. The highest BCUT2D eigenvalue weighted by Gasteiger charge is 2.27. The number of benzene rings is 1. The lowest BCUT2D eigenvalue weighted by atomic mass is 10.2. The maximum atomic E-state index is 4.95. The number of rotatable bonds is 3. The minimum Gasteiger partial charge on any atom is -0.369 e. The Balaban J connectivity index is 1.82. The molecule has 2 aliphatic heterocycles. The van der Waals surface area contributed by atoms with E-state index in [1.807, 2.05) is 0 Å². The quantitative estimate of drug-likeness (QED) is 0.615. The molecule has 3 aromatic rings. The van der Waals surface area contributed by atoms with E-state index in [1.165, 1.54) is 42.7 Å². The number of anilines is 2. The van der Waals surface area contributed by atoms with Gasteiger partial charge in [-0.05, 0) is 56.2 Å². The van der Waals surface area contributed by atoms with Crippen LogP contribution in [0.5, 0.6) is 0 Å². The van der Waals surface area contributed by atoms with Crippen molar-refractivity contribution in [1.29, 1.82) is 0 Å². The molecular weight excluding hydrogens is 344 g/mol. The Labute approximate surface area is 167 Å². The number of hydrogen-bond acceptors (Lipinski definition) is 3. The zero-order valence-corrected chi connectivity index (χ0v) is 16.7. The van der Waals surface area contributed by atoms with Crippen LogP contribution in [0.2, 0.25) is 0 Å². The first-order valence-corrected chi connectivity index (χ1v) is 10.8. The summed E-state index contributed by atoms with van der Waals surface area (Å²) in [6.07, 6.45) is 7.12. The van der Waals surface area contributed by atoms with Crippen molar-refractivity contribution < 1.29 is 0 Å². The second-order valence-electron chi connectivity index (χ2n) is 7.96. The summed E-state index contributed by atoms with van der Waals surface area (Å²) in [5.41, 5.74) is 5.66. The lowest BCUT2D eigenvalue weighted by Crippen LogP contribution is -2.25. The molecule has 2 aliphatic rings. The van der Waals surface area contributed by atoms with E-state index in [2.05, 4.69) is 63.3 Å². The van der Waals surface area contributed by atoms with E-state index in [-0.39, 0.29) is 0 Å². The average Bonchev–Trinajstić information content (AvgIpc) is 3.47. The van der Waals surface area contributed by atoms with E-state index in [0.717, 1.165) is 55.7 Å². The van der Waals surface area contributed by atoms with Crippen molar-refractivity contribution in [2.45, 2.75) is 45.4 Å². The molecule has 2 fully saturated rings. The lowest BCUT2D eigenvalue weighted by Gasteiger charge is -2.25. The predicted molar refractivity (Wildman–Crippen MR) is 117 cm³/mol. The van der Waals surface area contributed by atoms with Crippen molar-refractivity contribution in [3.05, 3.63) is 36.0 Å². The summed E-state index contributed by atoms with van der Waals surface area (Å²) in [6, 6.07) is 10.9. The van der Waals surface area contributed by atoms with Crippen molar-refractivity contribution in [1.82, 2.24) is 9.38 Å². The SMILES string of the molecule is CCCC#Cc1nc2ccccc2n2c(N3CCCC3)c(N3CCCC3)cc12. The average molecular weight is 373 g/mol. The number of aromatic nitrogens is 2. The van der Waals surface area contributed by atoms with Crippen molar-refractivity contribution >= 4 is 28.1 Å². The summed E-state index contributed by atoms with van der Waals surface area (Å²) in [5, 5.41) is 0. The van der Waals surface area contributed by atoms with E-state index < -0.39 is 0 Å². The first-order valence-electron chi connectivity index (χ1n) is 10.8. The van der Waals surface area contributed by atoms with E-state index in [4.69, 9.17) is 4.98 Å². The summed E-state index contributed by atoms with van der Waals surface area (Å²) in [4.78, 5) is 10.1. The van der Waals surface area contributed by atoms with Crippen LogP contribution < -0.4 is 9.80 Å². The maximum Gasteiger partial charge on any atom is 0.138 e. The van der Waals surface area contributed by atoms with E-state index in [9.17, 15) is 0 Å². The summed E-state index contributed by atoms with van der Waals surface area (Å²) >= 11 is 0. The number of para-hydroxylation sites is 2. The third kappa shape index (κ3) is 2.90. The Bertz CT molecular complexity index is 1060. The van der Waals surface area contributed by atoms with Crippen molar-refractivity contribution in [2.24, 2.45) is 0 Å². The van der Waals surface area contributed by atoms with Crippen LogP contribution >= 0.6 is 0 Å². The Kier molecular flexibility index (Phi) is 4.60. The van der Waals surface area contributed by atoms with Crippen LogP contribution in [0.4, 0.5) is 11.5 Å². The number of nitrogens with zero attached hydrogens (tertiary/aromatic N) is 4. The van der Waals surface area contributed by atoms with E-state index in [0.29, 0.717) is 0 Å². The molecule has 4 nitrogen and oxygen atoms in total. The highest BCUT2D eigenvalue weighted by Crippen LogP contribution is 2.39. The van der Waals surface area contributed by atoms with Gasteiger partial charge in [0.15, 0.2) is 0 Å². The van der Waals surface area contributed by atoms with Crippen LogP contribution in [0.1, 0.15) is 51.1 Å². The van der Waals surface area contributed by atoms with Gasteiger partial charge in [-0.3, -0.25) is 4.40 Å². The Morgan fingerprint density at radius 2 is 1.64 bits per heavy atom. The molecule has 2 saturated heterocycles. The van der Waals surface area contributed by atoms with Gasteiger partial charge in [-0.15, -0.1) is 0 Å². The Morgan fingerprint density at radius 1 is 0.929 bits per heavy atom. The summed E-state index contributed by atoms with van der Waals surface area (Å²) in [7, 11) is 0. The zero-order chi connectivity index (χ0) is 18.9. The normalized spacial score (nSPS) is 16.9. The molecule has 0 aliphatic carbocycles. The smallest absolute Gasteiger partial charge is 0.138 e. The molecule has 0 bridgehead atoms. The molecule has 1 aromatic carbocycles. The fourth-order valence-electron chi connectivity index (χ4n) is 4.62. The van der Waals surface area contributed by atoms with Gasteiger partial charge in [-0.2, -0.15) is 0 Å². The summed E-state index contributed by atoms with van der Waals surface area (Å²) in [5.74, 6) is 8.06. The molecule has 0 N–H and O–H groups in total. The monoisotopic (exact) mass is 372 g/mol. The third-order valence-electron chi connectivity index (χ3n) is 5.99. The van der Waals surface area contributed by atoms with Crippen LogP contribution in [0.25, 0.3) is 16.6 Å². The van der Waals surface area contributed by atoms with Gasteiger partial charge < -0.3 is 9.80 Å². The first-order chi connectivity index (χ1) is 13.9. The van der Waals surface area contributed by atoms with Gasteiger partial charge in [0.2, 0.25) is 0 Å². The molecule has 144 valence electrons. The molecule has 5 rings (SSSR count). The lowest BCUT2D eigenvalue weighted by molar-refractivity contribution is 0.905. The van der Waals surface area contributed by atoms with E-state index in [1.54, 1.807) is 0 Å². The molecule has 0 saturated carbocycles. The van der Waals surface area contributed by atoms with Crippen LogP contribution in [0, 0.1) is 11.8 Å². The molecule has 0 unspecified atom stereocenters. The Hall–Kier alpha value is -2.67. The molecule has 2 aromatic heterocycles. The van der Waals surface area contributed by atoms with Crippen molar-refractivity contribution in [2.75, 3.05) is 36.0 Å². The van der Waals surface area contributed by atoms with Gasteiger partial charge in [0.05, 0.1) is 22.2 Å². The molecule has 4 heterocycles. The number of unbranched alkanes of at least 4 members (excludes halogenated alkanes) is 1. The minimum atomic E-state index is 0.915. The molecule has 0 atom stereocenters. The molecule has 0 spiro atoms. The fourth-order valence-corrected chi connectivity index (χ4v) is 4.62. The largest absolute Gasteiger partial charge is 0.369 e. The second kappa shape index (κ2) is 7.39. The van der Waals surface area contributed by atoms with E-state index >= 15 is 0 Å². The van der Waals surface area contributed by atoms with Gasteiger partial charge in [0, 0.05) is 32.6 Å². The fraction of sp³-hybridized carbons (Fsp3) is 0.458. The van der Waals surface area contributed by atoms with Gasteiger partial charge in [0.25, 0.3) is 0 Å². The second-order valence-corrected chi connectivity index (χ2v) is 7.96. The maximum absolute atomic E-state index is 4.95. The minimum absolute atomic E-state index is 0.915. The molecule has 4 heteroatoms. The third-order valence-corrected chi connectivity index (χ3v) is 5.99. The van der Waals surface area contributed by atoms with Gasteiger partial charge in [0.1, 0.15) is 11.5 Å². The standard InChI is InChI=1S/C24H28N4/c1-2-3-4-11-20-22-18-23(26-14-7-8-15-26)24(27-16-9-10-17-27)28(22)21-13-6-5-12-19(21)25-20/h5-6,12-13,18H,2-3,7-10,14-17H2,1H3. The zero-order valence-electron chi connectivity index (χ0n) is 16.7.